The molecule has 0 aromatic heterocycles. The van der Waals surface area contributed by atoms with Crippen LogP contribution in [0.15, 0.2) is 12.2 Å². The van der Waals surface area contributed by atoms with Gasteiger partial charge in [-0.05, 0) is 38.5 Å². The lowest BCUT2D eigenvalue weighted by atomic mass is 9.94. The van der Waals surface area contributed by atoms with Crippen molar-refractivity contribution in [3.05, 3.63) is 12.2 Å². The Morgan fingerprint density at radius 2 is 1.51 bits per heavy atom. The van der Waals surface area contributed by atoms with E-state index in [1.165, 1.54) is 45.6 Å². The predicted octanol–water partition coefficient (Wildman–Crippen LogP) is 4.39. The Kier molecular flexibility index (Phi) is 27.6. The molecule has 4 N–H and O–H groups in total. The Balaban J connectivity index is 1.64. The van der Waals surface area contributed by atoms with E-state index in [-0.39, 0.29) is 44.1 Å². The first-order valence-corrected chi connectivity index (χ1v) is 25.5. The number of hydrogen-bond donors (Lipinski definition) is 4. The summed E-state index contributed by atoms with van der Waals surface area (Å²) in [5, 5.41) is 9.16. The van der Waals surface area contributed by atoms with Gasteiger partial charge >= 0.3 is 36.4 Å². The van der Waals surface area contributed by atoms with Crippen molar-refractivity contribution in [2.75, 3.05) is 67.3 Å². The van der Waals surface area contributed by atoms with E-state index in [4.69, 9.17) is 47.1 Å². The molecular weight excluding hydrogens is 868 g/mol. The zero-order valence-corrected chi connectivity index (χ0v) is 40.0. The summed E-state index contributed by atoms with van der Waals surface area (Å²) in [6, 6.07) is -0.862. The Morgan fingerprint density at radius 1 is 0.873 bits per heavy atom. The number of phosphoric acid groups is 1. The highest BCUT2D eigenvalue weighted by Crippen LogP contribution is 2.48. The second kappa shape index (κ2) is 30.4. The van der Waals surface area contributed by atoms with Crippen molar-refractivity contribution >= 4 is 36.4 Å². The van der Waals surface area contributed by atoms with Crippen LogP contribution < -0.4 is 9.62 Å². The number of carbonyl (C=O) groups is 3. The molecule has 0 saturated carbocycles. The van der Waals surface area contributed by atoms with E-state index in [1.807, 2.05) is 25.9 Å². The van der Waals surface area contributed by atoms with E-state index in [0.717, 1.165) is 77.0 Å². The molecule has 0 aliphatic carbocycles. The molecule has 2 aliphatic rings. The average Bonchev–Trinajstić information content (AvgIpc) is 3.48. The van der Waals surface area contributed by atoms with E-state index in [1.54, 1.807) is 6.08 Å². The van der Waals surface area contributed by atoms with Gasteiger partial charge in [0.2, 0.25) is 0 Å². The van der Waals surface area contributed by atoms with Gasteiger partial charge in [-0.3, -0.25) is 14.1 Å². The molecule has 0 spiro atoms. The maximum absolute atomic E-state index is 12.5. The summed E-state index contributed by atoms with van der Waals surface area (Å²) >= 11 is 0. The van der Waals surface area contributed by atoms with Crippen LogP contribution in [0.3, 0.4) is 0 Å². The molecule has 7 atom stereocenters. The largest absolute Gasteiger partial charge is 0.606 e. The SMILES string of the molecule is CC(=O)OC[C@H](CO[P+]([O-])(O)OCC[N+](C)(C)C)OC(=O)/C=C/CCCCC[C@H]1O[C@]2(CCCCCCCCCCCCCOCC(CO)NS(=O)(=O)O)CC[C@@H](OC(C)=O)[C@@H]1O2. The van der Waals surface area contributed by atoms with E-state index in [0.29, 0.717) is 36.9 Å². The number of likely N-dealkylation sites (N-methyl/N-ethyl adjacent to an activating group) is 1. The first kappa shape index (κ1) is 57.2. The smallest absolute Gasteiger partial charge is 0.377 e. The molecule has 2 saturated heterocycles. The maximum atomic E-state index is 12.5. The Bertz CT molecular complexity index is 1450. The van der Waals surface area contributed by atoms with Gasteiger partial charge in [-0.2, -0.15) is 27.1 Å². The lowest BCUT2D eigenvalue weighted by molar-refractivity contribution is -0.870. The van der Waals surface area contributed by atoms with Crippen molar-refractivity contribution < 1.29 is 84.2 Å². The minimum atomic E-state index is -4.43. The molecule has 2 unspecified atom stereocenters. The molecule has 2 fully saturated rings. The average molecular weight is 946 g/mol. The number of aliphatic hydroxyl groups is 1. The van der Waals surface area contributed by atoms with Crippen LogP contribution >= 0.6 is 8.17 Å². The second-order valence-corrected chi connectivity index (χ2v) is 20.2. The number of fused-ring (bicyclic) bond motifs is 2. The minimum absolute atomic E-state index is 0.00199. The molecule has 2 bridgehead atoms. The number of ether oxygens (including phenoxy) is 6. The number of quaternary nitrogens is 1. The monoisotopic (exact) mass is 945 g/mol. The molecule has 2 rings (SSSR count). The van der Waals surface area contributed by atoms with Gasteiger partial charge in [0.1, 0.15) is 38.6 Å². The fraction of sp³-hybridized carbons (Fsp3) is 0.881. The van der Waals surface area contributed by atoms with E-state index in [2.05, 4.69) is 0 Å². The number of allylic oxidation sites excluding steroid dienone is 1. The van der Waals surface area contributed by atoms with Crippen LogP contribution in [0.4, 0.5) is 0 Å². The quantitative estimate of drug-likeness (QED) is 0.0128. The van der Waals surface area contributed by atoms with E-state index >= 15 is 0 Å². The summed E-state index contributed by atoms with van der Waals surface area (Å²) in [7, 11) is -3.09. The molecule has 0 aromatic rings. The maximum Gasteiger partial charge on any atom is 0.377 e. The molecule has 19 nitrogen and oxygen atoms in total. The van der Waals surface area contributed by atoms with Crippen molar-refractivity contribution in [1.29, 1.82) is 0 Å². The second-order valence-electron chi connectivity index (χ2n) is 17.5. The third-order valence-corrected chi connectivity index (χ3v) is 12.2. The van der Waals surface area contributed by atoms with Crippen LogP contribution in [0, 0.1) is 0 Å². The van der Waals surface area contributed by atoms with Crippen LogP contribution in [-0.2, 0) is 62.2 Å². The van der Waals surface area contributed by atoms with Crippen LogP contribution in [0.25, 0.3) is 0 Å². The summed E-state index contributed by atoms with van der Waals surface area (Å²) in [6.45, 7) is 2.19. The van der Waals surface area contributed by atoms with Crippen LogP contribution in [-0.4, -0.2) is 149 Å². The number of nitrogens with one attached hydrogen (secondary N) is 1. The van der Waals surface area contributed by atoms with Crippen molar-refractivity contribution in [2.45, 2.75) is 172 Å². The van der Waals surface area contributed by atoms with Gasteiger partial charge < -0.3 is 42.9 Å². The number of aliphatic hydroxyl groups excluding tert-OH is 1. The van der Waals surface area contributed by atoms with Crippen molar-refractivity contribution in [2.24, 2.45) is 0 Å². The molecule has 0 aromatic carbocycles. The van der Waals surface area contributed by atoms with Gasteiger partial charge in [-0.15, -0.1) is 0 Å². The molecule has 2 heterocycles. The molecule has 63 heavy (non-hydrogen) atoms. The summed E-state index contributed by atoms with van der Waals surface area (Å²) in [5.74, 6) is -2.30. The topological polar surface area (TPSA) is 255 Å². The normalized spacial score (nSPS) is 22.1. The van der Waals surface area contributed by atoms with E-state index < -0.39 is 61.6 Å². The highest BCUT2D eigenvalue weighted by atomic mass is 32.2. The first-order valence-electron chi connectivity index (χ1n) is 22.6. The summed E-state index contributed by atoms with van der Waals surface area (Å²) in [5.41, 5.74) is 0. The third-order valence-electron chi connectivity index (χ3n) is 10.6. The Labute approximate surface area is 375 Å². The summed E-state index contributed by atoms with van der Waals surface area (Å²) < 4.78 is 77.4. The van der Waals surface area contributed by atoms with Gasteiger partial charge in [0, 0.05) is 39.4 Å². The molecular formula is C42H78N2O17PS+. The third kappa shape index (κ3) is 28.0. The summed E-state index contributed by atoms with van der Waals surface area (Å²) in [6.07, 6.45) is 19.1. The van der Waals surface area contributed by atoms with Gasteiger partial charge in [0.05, 0.1) is 46.5 Å². The summed E-state index contributed by atoms with van der Waals surface area (Å²) in [4.78, 5) is 58.0. The highest BCUT2D eigenvalue weighted by Gasteiger charge is 2.54. The highest BCUT2D eigenvalue weighted by molar-refractivity contribution is 7.83. The number of rotatable bonds is 37. The van der Waals surface area contributed by atoms with Crippen molar-refractivity contribution in [3.63, 3.8) is 0 Å². The zero-order chi connectivity index (χ0) is 46.8. The standard InChI is InChI=1S/C42H77N2O17PS/c1-34(46)55-32-37(33-57-62(49,50)56-29-27-44(3,4)5)59-40(48)23-19-15-13-14-18-22-39-41-38(58-35(2)47)24-26-42(60-39,61-41)25-20-16-11-9-7-6-8-10-12-17-21-28-54-31-36(30-45)43-63(51,52)53/h19,23,36-39,41,43,45H,6-18,20-22,24-33H2,1-5H3,(H-,49,50,51,52,53)/p+1/b23-19+/t36?,37-,38-,39-,41+,42+/m1/s1. The fourth-order valence-electron chi connectivity index (χ4n) is 7.35. The lowest BCUT2D eigenvalue weighted by Crippen LogP contribution is -2.43. The molecule has 2 aliphatic heterocycles. The number of esters is 3. The van der Waals surface area contributed by atoms with Crippen molar-refractivity contribution in [3.8, 4) is 0 Å². The van der Waals surface area contributed by atoms with E-state index in [9.17, 15) is 32.6 Å². The Hall–Kier alpha value is -1.91. The number of nitrogens with zero attached hydrogens (tertiary/aromatic N) is 1. The zero-order valence-electron chi connectivity index (χ0n) is 38.3. The number of carbonyl (C=O) groups excluding carboxylic acids is 3. The van der Waals surface area contributed by atoms with Crippen LogP contribution in [0.2, 0.25) is 0 Å². The number of unbranched alkanes of at least 4 members (excludes halogenated alkanes) is 13. The fourth-order valence-corrected chi connectivity index (χ4v) is 8.65. The predicted molar refractivity (Wildman–Crippen MR) is 232 cm³/mol. The van der Waals surface area contributed by atoms with Crippen LogP contribution in [0.1, 0.15) is 136 Å². The minimum Gasteiger partial charge on any atom is -0.606 e. The number of phosphoric ester groups is 1. The van der Waals surface area contributed by atoms with Gasteiger partial charge in [-0.1, -0.05) is 76.7 Å². The molecule has 21 heteroatoms. The molecule has 368 valence electrons. The molecule has 0 radical (unpaired) electrons. The van der Waals surface area contributed by atoms with Gasteiger partial charge in [0.25, 0.3) is 0 Å². The molecule has 0 amide bonds. The lowest BCUT2D eigenvalue weighted by Gasteiger charge is -2.35. The van der Waals surface area contributed by atoms with Gasteiger partial charge in [-0.25, -0.2) is 4.79 Å². The van der Waals surface area contributed by atoms with Crippen LogP contribution in [0.5, 0.6) is 0 Å². The number of hydrogen-bond acceptors (Lipinski definition) is 16. The van der Waals surface area contributed by atoms with Crippen molar-refractivity contribution in [1.82, 2.24) is 4.72 Å². The first-order chi connectivity index (χ1) is 29.7. The van der Waals surface area contributed by atoms with Gasteiger partial charge in [0.15, 0.2) is 11.9 Å². The Morgan fingerprint density at radius 3 is 2.11 bits per heavy atom.